The fourth-order valence-electron chi connectivity index (χ4n) is 2.97. The highest BCUT2D eigenvalue weighted by atomic mass is 19.1. The number of carbonyl (C=O) groups is 1. The van der Waals surface area contributed by atoms with E-state index in [2.05, 4.69) is 27.1 Å². The number of rotatable bonds is 7. The molecule has 1 aromatic heterocycles. The van der Waals surface area contributed by atoms with Gasteiger partial charge < -0.3 is 16.0 Å². The first kappa shape index (κ1) is 17.4. The molecule has 1 aliphatic rings. The van der Waals surface area contributed by atoms with Crippen LogP contribution in [0.5, 0.6) is 0 Å². The maximum absolute atomic E-state index is 12.8. The van der Waals surface area contributed by atoms with E-state index in [1.807, 2.05) is 11.6 Å². The number of nitrogens with zero attached hydrogens (tertiary/aromatic N) is 2. The zero-order valence-corrected chi connectivity index (χ0v) is 14.4. The Kier molecular flexibility index (Phi) is 5.65. The molecule has 7 heteroatoms. The fraction of sp³-hybridized carbons (Fsp3) is 0.444. The molecule has 2 aromatic rings. The van der Waals surface area contributed by atoms with Gasteiger partial charge in [-0.15, -0.1) is 0 Å². The Morgan fingerprint density at radius 1 is 1.36 bits per heavy atom. The summed E-state index contributed by atoms with van der Waals surface area (Å²) < 4.78 is 14.8. The third kappa shape index (κ3) is 5.03. The number of hydrogen-bond acceptors (Lipinski definition) is 4. The lowest BCUT2D eigenvalue weighted by molar-refractivity contribution is -0.120. The SMILES string of the molecule is Cc1cc2n(n1)CC(CNCCNC(=O)Cc1ccc(F)cc1)CN2. The van der Waals surface area contributed by atoms with Crippen molar-refractivity contribution in [2.75, 3.05) is 31.5 Å². The Morgan fingerprint density at radius 3 is 2.96 bits per heavy atom. The lowest BCUT2D eigenvalue weighted by Crippen LogP contribution is -2.38. The molecule has 0 spiro atoms. The first-order valence-corrected chi connectivity index (χ1v) is 8.60. The highest BCUT2D eigenvalue weighted by molar-refractivity contribution is 5.78. The number of benzene rings is 1. The molecule has 1 atom stereocenters. The number of aromatic nitrogens is 2. The maximum Gasteiger partial charge on any atom is 0.224 e. The van der Waals surface area contributed by atoms with E-state index in [0.717, 1.165) is 43.3 Å². The van der Waals surface area contributed by atoms with E-state index in [1.54, 1.807) is 12.1 Å². The Morgan fingerprint density at radius 2 is 2.16 bits per heavy atom. The molecule has 1 aromatic carbocycles. The number of aryl methyl sites for hydroxylation is 1. The topological polar surface area (TPSA) is 71.0 Å². The lowest BCUT2D eigenvalue weighted by atomic mass is 10.1. The van der Waals surface area contributed by atoms with Crippen molar-refractivity contribution in [3.8, 4) is 0 Å². The largest absolute Gasteiger partial charge is 0.370 e. The molecule has 6 nitrogen and oxygen atoms in total. The minimum atomic E-state index is -0.289. The van der Waals surface area contributed by atoms with Crippen LogP contribution in [0.25, 0.3) is 0 Å². The van der Waals surface area contributed by atoms with Crippen molar-refractivity contribution in [3.05, 3.63) is 47.4 Å². The smallest absolute Gasteiger partial charge is 0.224 e. The van der Waals surface area contributed by atoms with E-state index >= 15 is 0 Å². The molecule has 1 aliphatic heterocycles. The number of amides is 1. The molecular weight excluding hydrogens is 321 g/mol. The van der Waals surface area contributed by atoms with Gasteiger partial charge in [-0.05, 0) is 24.6 Å². The van der Waals surface area contributed by atoms with Crippen molar-refractivity contribution >= 4 is 11.7 Å². The zero-order valence-electron chi connectivity index (χ0n) is 14.4. The Labute approximate surface area is 146 Å². The second-order valence-corrected chi connectivity index (χ2v) is 6.46. The standard InChI is InChI=1S/C18H24FN5O/c1-13-8-17-22-11-15(12-24(17)23-13)10-20-6-7-21-18(25)9-14-2-4-16(19)5-3-14/h2-5,8,15,20,22H,6-7,9-12H2,1H3,(H,21,25). The van der Waals surface area contributed by atoms with Crippen LogP contribution in [0, 0.1) is 18.7 Å². The summed E-state index contributed by atoms with van der Waals surface area (Å²) in [7, 11) is 0. The predicted octanol–water partition coefficient (Wildman–Crippen LogP) is 1.32. The van der Waals surface area contributed by atoms with Crippen LogP contribution in [0.1, 0.15) is 11.3 Å². The van der Waals surface area contributed by atoms with Crippen molar-refractivity contribution in [1.29, 1.82) is 0 Å². The van der Waals surface area contributed by atoms with Crippen LogP contribution >= 0.6 is 0 Å². The quantitative estimate of drug-likeness (QED) is 0.662. The van der Waals surface area contributed by atoms with Gasteiger partial charge in [-0.3, -0.25) is 4.79 Å². The van der Waals surface area contributed by atoms with Crippen LogP contribution in [-0.2, 0) is 17.8 Å². The molecule has 0 saturated heterocycles. The number of fused-ring (bicyclic) bond motifs is 1. The Balaban J connectivity index is 1.30. The molecule has 1 unspecified atom stereocenters. The lowest BCUT2D eigenvalue weighted by Gasteiger charge is -2.25. The second kappa shape index (κ2) is 8.11. The van der Waals surface area contributed by atoms with E-state index in [1.165, 1.54) is 12.1 Å². The average molecular weight is 345 g/mol. The highest BCUT2D eigenvalue weighted by Gasteiger charge is 2.18. The molecule has 1 amide bonds. The maximum atomic E-state index is 12.8. The van der Waals surface area contributed by atoms with Crippen LogP contribution in [0.2, 0.25) is 0 Å². The minimum absolute atomic E-state index is 0.0515. The first-order valence-electron chi connectivity index (χ1n) is 8.60. The van der Waals surface area contributed by atoms with E-state index in [9.17, 15) is 9.18 Å². The molecule has 0 fully saturated rings. The minimum Gasteiger partial charge on any atom is -0.370 e. The fourth-order valence-corrected chi connectivity index (χ4v) is 2.97. The summed E-state index contributed by atoms with van der Waals surface area (Å²) in [5.41, 5.74) is 1.84. The molecule has 134 valence electrons. The molecule has 0 aliphatic carbocycles. The Hall–Kier alpha value is -2.41. The molecule has 0 bridgehead atoms. The summed E-state index contributed by atoms with van der Waals surface area (Å²) in [6.45, 7) is 5.99. The summed E-state index contributed by atoms with van der Waals surface area (Å²) in [6.07, 6.45) is 0.272. The van der Waals surface area contributed by atoms with Crippen molar-refractivity contribution in [2.45, 2.75) is 19.9 Å². The molecule has 0 saturated carbocycles. The summed E-state index contributed by atoms with van der Waals surface area (Å²) in [5.74, 6) is 1.22. The highest BCUT2D eigenvalue weighted by Crippen LogP contribution is 2.17. The molecule has 3 N–H and O–H groups in total. The summed E-state index contributed by atoms with van der Waals surface area (Å²) in [4.78, 5) is 11.8. The number of hydrogen-bond donors (Lipinski definition) is 3. The van der Waals surface area contributed by atoms with Gasteiger partial charge in [-0.25, -0.2) is 9.07 Å². The van der Waals surface area contributed by atoms with Gasteiger partial charge in [-0.1, -0.05) is 12.1 Å². The number of halogens is 1. The van der Waals surface area contributed by atoms with E-state index in [4.69, 9.17) is 0 Å². The van der Waals surface area contributed by atoms with Gasteiger partial charge >= 0.3 is 0 Å². The van der Waals surface area contributed by atoms with Crippen molar-refractivity contribution < 1.29 is 9.18 Å². The molecule has 0 radical (unpaired) electrons. The summed E-state index contributed by atoms with van der Waals surface area (Å²) >= 11 is 0. The summed E-state index contributed by atoms with van der Waals surface area (Å²) in [5, 5.41) is 14.1. The second-order valence-electron chi connectivity index (χ2n) is 6.46. The van der Waals surface area contributed by atoms with Crippen molar-refractivity contribution in [2.24, 2.45) is 5.92 Å². The van der Waals surface area contributed by atoms with Crippen LogP contribution < -0.4 is 16.0 Å². The summed E-state index contributed by atoms with van der Waals surface area (Å²) in [6, 6.07) is 8.06. The Bertz CT molecular complexity index is 713. The van der Waals surface area contributed by atoms with Gasteiger partial charge in [-0.2, -0.15) is 5.10 Å². The molecule has 25 heavy (non-hydrogen) atoms. The van der Waals surface area contributed by atoms with Crippen LogP contribution in [0.3, 0.4) is 0 Å². The van der Waals surface area contributed by atoms with Crippen LogP contribution in [-0.4, -0.2) is 41.9 Å². The predicted molar refractivity (Wildman–Crippen MR) is 94.9 cm³/mol. The van der Waals surface area contributed by atoms with Crippen LogP contribution in [0.15, 0.2) is 30.3 Å². The molecule has 3 rings (SSSR count). The van der Waals surface area contributed by atoms with Gasteiger partial charge in [0.1, 0.15) is 11.6 Å². The van der Waals surface area contributed by atoms with Gasteiger partial charge in [0, 0.05) is 44.7 Å². The first-order chi connectivity index (χ1) is 12.1. The third-order valence-corrected chi connectivity index (χ3v) is 4.24. The van der Waals surface area contributed by atoms with Crippen LogP contribution in [0.4, 0.5) is 10.2 Å². The number of nitrogens with one attached hydrogen (secondary N) is 3. The molecule has 2 heterocycles. The van der Waals surface area contributed by atoms with E-state index in [-0.39, 0.29) is 18.1 Å². The monoisotopic (exact) mass is 345 g/mol. The normalized spacial score (nSPS) is 16.2. The van der Waals surface area contributed by atoms with Crippen molar-refractivity contribution in [3.63, 3.8) is 0 Å². The number of anilines is 1. The van der Waals surface area contributed by atoms with E-state index in [0.29, 0.717) is 12.5 Å². The van der Waals surface area contributed by atoms with Gasteiger partial charge in [0.05, 0.1) is 12.1 Å². The van der Waals surface area contributed by atoms with E-state index < -0.39 is 0 Å². The van der Waals surface area contributed by atoms with Crippen molar-refractivity contribution in [1.82, 2.24) is 20.4 Å². The molecular formula is C18H24FN5O. The average Bonchev–Trinajstić information content (AvgIpc) is 2.96. The van der Waals surface area contributed by atoms with Gasteiger partial charge in [0.2, 0.25) is 5.91 Å². The van der Waals surface area contributed by atoms with Gasteiger partial charge in [0.15, 0.2) is 0 Å². The zero-order chi connectivity index (χ0) is 17.6. The third-order valence-electron chi connectivity index (χ3n) is 4.24. The van der Waals surface area contributed by atoms with Gasteiger partial charge in [0.25, 0.3) is 0 Å². The number of carbonyl (C=O) groups excluding carboxylic acids is 1.